The molecule has 0 fully saturated rings. The first-order valence-corrected chi connectivity index (χ1v) is 7.42. The van der Waals surface area contributed by atoms with Gasteiger partial charge in [0.15, 0.2) is 5.82 Å². The number of H-pyrrole nitrogens is 1. The summed E-state index contributed by atoms with van der Waals surface area (Å²) in [5.41, 5.74) is 1.65. The Morgan fingerprint density at radius 1 is 1.30 bits per heavy atom. The summed E-state index contributed by atoms with van der Waals surface area (Å²) < 4.78 is 1.57. The van der Waals surface area contributed by atoms with Gasteiger partial charge in [-0.05, 0) is 31.0 Å². The quantitative estimate of drug-likeness (QED) is 0.763. The average Bonchev–Trinajstić information content (AvgIpc) is 3.00. The van der Waals surface area contributed by atoms with Crippen LogP contribution >= 0.6 is 0 Å². The van der Waals surface area contributed by atoms with Gasteiger partial charge in [-0.25, -0.2) is 0 Å². The molecule has 0 aliphatic heterocycles. The molecule has 0 aliphatic rings. The van der Waals surface area contributed by atoms with E-state index in [1.807, 2.05) is 12.1 Å². The third-order valence-corrected chi connectivity index (χ3v) is 3.72. The predicted molar refractivity (Wildman–Crippen MR) is 85.3 cm³/mol. The number of nitrogens with one attached hydrogen (secondary N) is 2. The molecule has 1 aromatic carbocycles. The zero-order chi connectivity index (χ0) is 16.4. The first kappa shape index (κ1) is 15.0. The standard InChI is InChI=1S/C16H17N5O2/c1-3-11-4-6-12(7-5-11)15(22)18-10(2)13-19-20-14-16(23)17-8-9-21(13)14/h4-10H,3H2,1-2H3,(H,17,23)(H,18,22). The monoisotopic (exact) mass is 311 g/mol. The zero-order valence-corrected chi connectivity index (χ0v) is 12.9. The van der Waals surface area contributed by atoms with Gasteiger partial charge < -0.3 is 10.3 Å². The van der Waals surface area contributed by atoms with E-state index in [0.29, 0.717) is 11.4 Å². The van der Waals surface area contributed by atoms with E-state index in [-0.39, 0.29) is 23.2 Å². The van der Waals surface area contributed by atoms with Crippen LogP contribution < -0.4 is 10.9 Å². The molecule has 0 aliphatic carbocycles. The van der Waals surface area contributed by atoms with Crippen LogP contribution in [0.2, 0.25) is 0 Å². The van der Waals surface area contributed by atoms with E-state index in [1.165, 1.54) is 11.8 Å². The van der Waals surface area contributed by atoms with Crippen LogP contribution in [-0.2, 0) is 6.42 Å². The Morgan fingerprint density at radius 2 is 2.04 bits per heavy atom. The van der Waals surface area contributed by atoms with Crippen LogP contribution in [0.25, 0.3) is 5.65 Å². The molecule has 118 valence electrons. The fourth-order valence-corrected chi connectivity index (χ4v) is 2.39. The molecule has 0 spiro atoms. The van der Waals surface area contributed by atoms with Crippen LogP contribution in [0.1, 0.15) is 41.6 Å². The third-order valence-electron chi connectivity index (χ3n) is 3.72. The van der Waals surface area contributed by atoms with Gasteiger partial charge in [0.1, 0.15) is 0 Å². The number of aromatic nitrogens is 4. The fraction of sp³-hybridized carbons (Fsp3) is 0.250. The Hall–Kier alpha value is -2.96. The van der Waals surface area contributed by atoms with Crippen molar-refractivity contribution in [1.82, 2.24) is 24.9 Å². The lowest BCUT2D eigenvalue weighted by molar-refractivity contribution is 0.0938. The lowest BCUT2D eigenvalue weighted by Gasteiger charge is -2.12. The molecule has 1 atom stereocenters. The molecule has 0 saturated heterocycles. The van der Waals surface area contributed by atoms with Crippen molar-refractivity contribution in [3.63, 3.8) is 0 Å². The average molecular weight is 311 g/mol. The van der Waals surface area contributed by atoms with Gasteiger partial charge in [0.2, 0.25) is 5.65 Å². The second-order valence-corrected chi connectivity index (χ2v) is 5.29. The molecule has 23 heavy (non-hydrogen) atoms. The van der Waals surface area contributed by atoms with Crippen molar-refractivity contribution < 1.29 is 4.79 Å². The van der Waals surface area contributed by atoms with Gasteiger partial charge >= 0.3 is 0 Å². The second kappa shape index (κ2) is 6.04. The molecule has 2 N–H and O–H groups in total. The highest BCUT2D eigenvalue weighted by atomic mass is 16.1. The summed E-state index contributed by atoms with van der Waals surface area (Å²) >= 11 is 0. The molecule has 2 heterocycles. The number of amides is 1. The van der Waals surface area contributed by atoms with Gasteiger partial charge in [-0.3, -0.25) is 14.0 Å². The van der Waals surface area contributed by atoms with Gasteiger partial charge in [0.25, 0.3) is 11.5 Å². The predicted octanol–water partition coefficient (Wildman–Crippen LogP) is 1.47. The Bertz CT molecular complexity index is 895. The number of nitrogens with zero attached hydrogens (tertiary/aromatic N) is 3. The topological polar surface area (TPSA) is 92.2 Å². The Kier molecular flexibility index (Phi) is 3.92. The highest BCUT2D eigenvalue weighted by Gasteiger charge is 2.17. The summed E-state index contributed by atoms with van der Waals surface area (Å²) in [4.78, 5) is 26.5. The fourth-order valence-electron chi connectivity index (χ4n) is 2.39. The van der Waals surface area contributed by atoms with Gasteiger partial charge in [-0.1, -0.05) is 19.1 Å². The number of rotatable bonds is 4. The maximum atomic E-state index is 12.3. The number of aryl methyl sites for hydroxylation is 1. The van der Waals surface area contributed by atoms with Crippen molar-refractivity contribution in [1.29, 1.82) is 0 Å². The minimum atomic E-state index is -0.384. The molecule has 1 unspecified atom stereocenters. The van der Waals surface area contributed by atoms with Crippen molar-refractivity contribution in [2.75, 3.05) is 0 Å². The first-order chi connectivity index (χ1) is 11.1. The Labute approximate surface area is 132 Å². The van der Waals surface area contributed by atoms with E-state index < -0.39 is 0 Å². The molecule has 3 rings (SSSR count). The van der Waals surface area contributed by atoms with Crippen molar-refractivity contribution in [3.8, 4) is 0 Å². The van der Waals surface area contributed by atoms with E-state index in [9.17, 15) is 9.59 Å². The van der Waals surface area contributed by atoms with Gasteiger partial charge in [-0.2, -0.15) is 0 Å². The maximum Gasteiger partial charge on any atom is 0.293 e. The van der Waals surface area contributed by atoms with Crippen LogP contribution in [0, 0.1) is 0 Å². The minimum Gasteiger partial charge on any atom is -0.342 e. The smallest absolute Gasteiger partial charge is 0.293 e. The molecule has 0 radical (unpaired) electrons. The number of carbonyl (C=O) groups excluding carboxylic acids is 1. The first-order valence-electron chi connectivity index (χ1n) is 7.42. The maximum absolute atomic E-state index is 12.3. The van der Waals surface area contributed by atoms with Crippen molar-refractivity contribution in [2.24, 2.45) is 0 Å². The summed E-state index contributed by atoms with van der Waals surface area (Å²) in [6.45, 7) is 3.87. The molecule has 3 aromatic rings. The highest BCUT2D eigenvalue weighted by Crippen LogP contribution is 2.12. The van der Waals surface area contributed by atoms with Crippen molar-refractivity contribution >= 4 is 11.6 Å². The van der Waals surface area contributed by atoms with Gasteiger partial charge in [0.05, 0.1) is 6.04 Å². The number of hydrogen-bond acceptors (Lipinski definition) is 4. The third kappa shape index (κ3) is 2.85. The van der Waals surface area contributed by atoms with Crippen molar-refractivity contribution in [2.45, 2.75) is 26.3 Å². The summed E-state index contributed by atoms with van der Waals surface area (Å²) in [6.07, 6.45) is 4.10. The summed E-state index contributed by atoms with van der Waals surface area (Å²) in [7, 11) is 0. The number of carbonyl (C=O) groups is 1. The lowest BCUT2D eigenvalue weighted by Crippen LogP contribution is -2.28. The molecule has 7 nitrogen and oxygen atoms in total. The lowest BCUT2D eigenvalue weighted by atomic mass is 10.1. The molecule has 1 amide bonds. The second-order valence-electron chi connectivity index (χ2n) is 5.29. The van der Waals surface area contributed by atoms with Crippen LogP contribution in [0.15, 0.2) is 41.5 Å². The van der Waals surface area contributed by atoms with E-state index in [0.717, 1.165) is 6.42 Å². The number of fused-ring (bicyclic) bond motifs is 1. The van der Waals surface area contributed by atoms with Gasteiger partial charge in [-0.15, -0.1) is 10.2 Å². The summed E-state index contributed by atoms with van der Waals surface area (Å²) in [6, 6.07) is 7.09. The normalized spacial score (nSPS) is 12.3. The van der Waals surface area contributed by atoms with Crippen LogP contribution in [0.3, 0.4) is 0 Å². The SMILES string of the molecule is CCc1ccc(C(=O)NC(C)c2nnc3c(=O)[nH]ccn23)cc1. The Morgan fingerprint density at radius 3 is 2.74 bits per heavy atom. The van der Waals surface area contributed by atoms with Crippen LogP contribution in [-0.4, -0.2) is 25.5 Å². The molecule has 7 heteroatoms. The van der Waals surface area contributed by atoms with Crippen LogP contribution in [0.4, 0.5) is 0 Å². The zero-order valence-electron chi connectivity index (χ0n) is 12.9. The summed E-state index contributed by atoms with van der Waals surface area (Å²) in [5, 5.41) is 10.7. The Balaban J connectivity index is 1.82. The molecule has 0 saturated carbocycles. The number of hydrogen-bond donors (Lipinski definition) is 2. The molecular weight excluding hydrogens is 294 g/mol. The van der Waals surface area contributed by atoms with E-state index in [4.69, 9.17) is 0 Å². The summed E-state index contributed by atoms with van der Waals surface area (Å²) in [5.74, 6) is 0.311. The number of benzene rings is 1. The van der Waals surface area contributed by atoms with Crippen LogP contribution in [0.5, 0.6) is 0 Å². The molecule has 0 bridgehead atoms. The van der Waals surface area contributed by atoms with E-state index in [1.54, 1.807) is 29.7 Å². The highest BCUT2D eigenvalue weighted by molar-refractivity contribution is 5.94. The molecule has 2 aromatic heterocycles. The largest absolute Gasteiger partial charge is 0.342 e. The number of aromatic amines is 1. The van der Waals surface area contributed by atoms with E-state index in [2.05, 4.69) is 27.4 Å². The van der Waals surface area contributed by atoms with Crippen molar-refractivity contribution in [3.05, 3.63) is 64.0 Å². The van der Waals surface area contributed by atoms with Gasteiger partial charge in [0, 0.05) is 18.0 Å². The van der Waals surface area contributed by atoms with E-state index >= 15 is 0 Å². The molecular formula is C16H17N5O2. The minimum absolute atomic E-state index is 0.193.